The van der Waals surface area contributed by atoms with Gasteiger partial charge >= 0.3 is 0 Å². The second-order valence-electron chi connectivity index (χ2n) is 14.5. The average molecular weight is 745 g/mol. The molecule has 12 aromatic rings. The Balaban J connectivity index is 1.35. The minimum Gasteiger partial charge on any atom is -0.308 e. The molecule has 5 heteroatoms. The molecular weight excluding hydrogens is 713 g/mol. The van der Waals surface area contributed by atoms with Gasteiger partial charge in [-0.05, 0) is 42.5 Å². The Morgan fingerprint density at radius 2 is 0.825 bits per heavy atom. The van der Waals surface area contributed by atoms with Crippen molar-refractivity contribution in [3.8, 4) is 45.3 Å². The molecule has 0 aliphatic heterocycles. The number of aromatic nitrogens is 4. The van der Waals surface area contributed by atoms with Crippen LogP contribution in [0, 0.1) is 0 Å². The summed E-state index contributed by atoms with van der Waals surface area (Å²) in [5, 5.41) is 7.32. The first-order valence-corrected chi connectivity index (χ1v) is 20.1. The van der Waals surface area contributed by atoms with E-state index in [-0.39, 0.29) is 0 Å². The van der Waals surface area contributed by atoms with Crippen molar-refractivity contribution in [2.45, 2.75) is 0 Å². The van der Waals surface area contributed by atoms with Crippen molar-refractivity contribution in [2.75, 3.05) is 0 Å². The standard InChI is InChI=1S/C52H32N4S/c1-3-17-33(18-4-1)41-32-42(54-52(53-41)34-19-5-2-6-20-34)49-47(55-43-26-12-7-21-35(43)36-22-8-13-27-44(36)55)31-40-39-25-11-16-30-48(39)57-51(40)50(49)56-45-28-14-9-23-37(45)38-24-10-15-29-46(38)56/h1-32H. The van der Waals surface area contributed by atoms with Crippen molar-refractivity contribution in [3.63, 3.8) is 0 Å². The van der Waals surface area contributed by atoms with Crippen LogP contribution in [0.2, 0.25) is 0 Å². The fourth-order valence-electron chi connectivity index (χ4n) is 8.86. The Labute approximate surface area is 332 Å². The van der Waals surface area contributed by atoms with Gasteiger partial charge in [-0.25, -0.2) is 9.97 Å². The Morgan fingerprint density at radius 3 is 1.40 bits per heavy atom. The summed E-state index contributed by atoms with van der Waals surface area (Å²) in [6.07, 6.45) is 0. The second kappa shape index (κ2) is 12.6. The molecule has 0 aliphatic carbocycles. The minimum absolute atomic E-state index is 0.685. The highest BCUT2D eigenvalue weighted by atomic mass is 32.1. The zero-order chi connectivity index (χ0) is 37.5. The number of para-hydroxylation sites is 4. The van der Waals surface area contributed by atoms with Crippen LogP contribution in [-0.2, 0) is 0 Å². The molecule has 0 radical (unpaired) electrons. The van der Waals surface area contributed by atoms with Crippen LogP contribution in [0.15, 0.2) is 194 Å². The van der Waals surface area contributed by atoms with Crippen LogP contribution in [0.5, 0.6) is 0 Å². The third kappa shape index (κ3) is 4.86. The van der Waals surface area contributed by atoms with Gasteiger partial charge in [-0.1, -0.05) is 152 Å². The van der Waals surface area contributed by atoms with Crippen molar-refractivity contribution in [1.82, 2.24) is 19.1 Å². The van der Waals surface area contributed by atoms with Crippen molar-refractivity contribution < 1.29 is 0 Å². The Hall–Kier alpha value is -7.34. The predicted octanol–water partition coefficient (Wildman–Crippen LogP) is 14.0. The van der Waals surface area contributed by atoms with Gasteiger partial charge in [0.15, 0.2) is 5.82 Å². The van der Waals surface area contributed by atoms with Gasteiger partial charge in [-0.3, -0.25) is 0 Å². The van der Waals surface area contributed by atoms with Crippen LogP contribution >= 0.6 is 11.3 Å². The van der Waals surface area contributed by atoms with Gasteiger partial charge in [0.2, 0.25) is 0 Å². The second-order valence-corrected chi connectivity index (χ2v) is 15.6. The van der Waals surface area contributed by atoms with E-state index in [0.29, 0.717) is 5.82 Å². The fourth-order valence-corrected chi connectivity index (χ4v) is 10.1. The van der Waals surface area contributed by atoms with Gasteiger partial charge in [0.1, 0.15) is 0 Å². The number of benzene rings is 8. The number of nitrogens with zero attached hydrogens (tertiary/aromatic N) is 4. The zero-order valence-corrected chi connectivity index (χ0v) is 31.5. The van der Waals surface area contributed by atoms with Crippen molar-refractivity contribution >= 4 is 75.1 Å². The number of hydrogen-bond donors (Lipinski definition) is 0. The van der Waals surface area contributed by atoms with E-state index < -0.39 is 0 Å². The predicted molar refractivity (Wildman–Crippen MR) is 240 cm³/mol. The molecule has 0 unspecified atom stereocenters. The van der Waals surface area contributed by atoms with E-state index in [1.54, 1.807) is 0 Å². The van der Waals surface area contributed by atoms with E-state index in [2.05, 4.69) is 197 Å². The maximum absolute atomic E-state index is 5.59. The van der Waals surface area contributed by atoms with Gasteiger partial charge < -0.3 is 9.13 Å². The summed E-state index contributed by atoms with van der Waals surface area (Å²) in [7, 11) is 0. The number of thiophene rings is 1. The van der Waals surface area contributed by atoms with Crippen molar-refractivity contribution in [3.05, 3.63) is 194 Å². The number of fused-ring (bicyclic) bond motifs is 9. The maximum atomic E-state index is 5.59. The molecule has 0 aliphatic rings. The first-order valence-electron chi connectivity index (χ1n) is 19.3. The third-order valence-electron chi connectivity index (χ3n) is 11.3. The molecule has 0 fully saturated rings. The molecule has 0 bridgehead atoms. The molecule has 0 N–H and O–H groups in total. The first kappa shape index (κ1) is 32.0. The molecule has 0 saturated carbocycles. The molecule has 8 aromatic carbocycles. The Kier molecular flexibility index (Phi) is 7.06. The molecule has 57 heavy (non-hydrogen) atoms. The smallest absolute Gasteiger partial charge is 0.160 e. The van der Waals surface area contributed by atoms with Crippen LogP contribution < -0.4 is 0 Å². The van der Waals surface area contributed by atoms with E-state index in [1.807, 2.05) is 17.4 Å². The highest BCUT2D eigenvalue weighted by Gasteiger charge is 2.27. The summed E-state index contributed by atoms with van der Waals surface area (Å²) in [5.41, 5.74) is 11.6. The molecule has 266 valence electrons. The van der Waals surface area contributed by atoms with E-state index in [4.69, 9.17) is 9.97 Å². The lowest BCUT2D eigenvalue weighted by molar-refractivity contribution is 1.13. The summed E-state index contributed by atoms with van der Waals surface area (Å²) >= 11 is 1.85. The van der Waals surface area contributed by atoms with Gasteiger partial charge in [0.05, 0.1) is 49.5 Å². The summed E-state index contributed by atoms with van der Waals surface area (Å²) in [5.74, 6) is 0.685. The van der Waals surface area contributed by atoms with Crippen LogP contribution in [0.4, 0.5) is 0 Å². The minimum atomic E-state index is 0.685. The molecule has 4 heterocycles. The topological polar surface area (TPSA) is 35.6 Å². The molecule has 4 nitrogen and oxygen atoms in total. The molecule has 0 atom stereocenters. The summed E-state index contributed by atoms with van der Waals surface area (Å²) < 4.78 is 7.43. The van der Waals surface area contributed by atoms with E-state index in [0.717, 1.165) is 61.5 Å². The third-order valence-corrected chi connectivity index (χ3v) is 12.5. The molecule has 0 saturated heterocycles. The average Bonchev–Trinajstić information content (AvgIpc) is 3.94. The molecule has 12 rings (SSSR count). The van der Waals surface area contributed by atoms with Crippen LogP contribution in [0.25, 0.3) is 109 Å². The van der Waals surface area contributed by atoms with Gasteiger partial charge in [-0.15, -0.1) is 11.3 Å². The van der Waals surface area contributed by atoms with E-state index >= 15 is 0 Å². The quantitative estimate of drug-likeness (QED) is 0.176. The largest absolute Gasteiger partial charge is 0.308 e. The SMILES string of the molecule is c1ccc(-c2cc(-c3c(-n4c5ccccc5c5ccccc54)cc4c(sc5ccccc54)c3-n3c4ccccc4c4ccccc43)nc(-c3ccccc3)n2)cc1. The molecular formula is C52H32N4S. The highest BCUT2D eigenvalue weighted by molar-refractivity contribution is 7.26. The fraction of sp³-hybridized carbons (Fsp3) is 0. The lowest BCUT2D eigenvalue weighted by Crippen LogP contribution is -2.06. The van der Waals surface area contributed by atoms with Gasteiger partial charge in [0, 0.05) is 53.7 Å². The number of hydrogen-bond acceptors (Lipinski definition) is 3. The van der Waals surface area contributed by atoms with Crippen LogP contribution in [0.1, 0.15) is 0 Å². The van der Waals surface area contributed by atoms with Gasteiger partial charge in [-0.2, -0.15) is 0 Å². The maximum Gasteiger partial charge on any atom is 0.160 e. The monoisotopic (exact) mass is 744 g/mol. The lowest BCUT2D eigenvalue weighted by atomic mass is 9.99. The van der Waals surface area contributed by atoms with E-state index in [9.17, 15) is 0 Å². The highest BCUT2D eigenvalue weighted by Crippen LogP contribution is 2.49. The van der Waals surface area contributed by atoms with Gasteiger partial charge in [0.25, 0.3) is 0 Å². The summed E-state index contributed by atoms with van der Waals surface area (Å²) in [4.78, 5) is 10.8. The Bertz CT molecular complexity index is 3360. The van der Waals surface area contributed by atoms with Crippen molar-refractivity contribution in [1.29, 1.82) is 0 Å². The summed E-state index contributed by atoms with van der Waals surface area (Å²) in [6.45, 7) is 0. The molecule has 0 amide bonds. The van der Waals surface area contributed by atoms with Crippen LogP contribution in [-0.4, -0.2) is 19.1 Å². The van der Waals surface area contributed by atoms with Crippen LogP contribution in [0.3, 0.4) is 0 Å². The lowest BCUT2D eigenvalue weighted by Gasteiger charge is -2.21. The van der Waals surface area contributed by atoms with Crippen molar-refractivity contribution in [2.24, 2.45) is 0 Å². The molecule has 4 aromatic heterocycles. The molecule has 0 spiro atoms. The number of rotatable bonds is 5. The summed E-state index contributed by atoms with van der Waals surface area (Å²) in [6, 6.07) is 69.5. The first-order chi connectivity index (χ1) is 28.3. The zero-order valence-electron chi connectivity index (χ0n) is 30.7. The normalized spacial score (nSPS) is 11.9. The Morgan fingerprint density at radius 1 is 0.368 bits per heavy atom. The van der Waals surface area contributed by atoms with E-state index in [1.165, 1.54) is 41.7 Å².